The van der Waals surface area contributed by atoms with Gasteiger partial charge in [-0.3, -0.25) is 9.59 Å². The van der Waals surface area contributed by atoms with Crippen molar-refractivity contribution < 1.29 is 19.4 Å². The SMILES string of the molecule is CCOC(=O)CCNC(=O)c1ccc(C(O)CCc2ccc(Cl)cc2)cc1. The Bertz CT molecular complexity index is 744. The third-order valence-corrected chi connectivity index (χ3v) is 4.35. The molecule has 0 radical (unpaired) electrons. The van der Waals surface area contributed by atoms with Crippen molar-refractivity contribution in [2.75, 3.05) is 13.2 Å². The van der Waals surface area contributed by atoms with E-state index in [0.29, 0.717) is 23.6 Å². The minimum Gasteiger partial charge on any atom is -0.466 e. The van der Waals surface area contributed by atoms with Gasteiger partial charge in [0.1, 0.15) is 0 Å². The first-order chi connectivity index (χ1) is 13.0. The lowest BCUT2D eigenvalue weighted by atomic mass is 10.0. The molecule has 0 saturated carbocycles. The molecule has 0 fully saturated rings. The van der Waals surface area contributed by atoms with Crippen molar-refractivity contribution in [3.63, 3.8) is 0 Å². The van der Waals surface area contributed by atoms with Gasteiger partial charge in [0, 0.05) is 17.1 Å². The minimum atomic E-state index is -0.610. The van der Waals surface area contributed by atoms with E-state index >= 15 is 0 Å². The Hall–Kier alpha value is -2.37. The molecule has 1 atom stereocenters. The van der Waals surface area contributed by atoms with Crippen molar-refractivity contribution in [2.24, 2.45) is 0 Å². The summed E-state index contributed by atoms with van der Waals surface area (Å²) >= 11 is 5.87. The van der Waals surface area contributed by atoms with Crippen LogP contribution in [0.5, 0.6) is 0 Å². The predicted octanol–water partition coefficient (Wildman–Crippen LogP) is 3.69. The van der Waals surface area contributed by atoms with Crippen LogP contribution in [0.1, 0.15) is 47.4 Å². The molecule has 0 heterocycles. The third kappa shape index (κ3) is 7.04. The lowest BCUT2D eigenvalue weighted by Gasteiger charge is -2.12. The van der Waals surface area contributed by atoms with Crippen LogP contribution < -0.4 is 5.32 Å². The van der Waals surface area contributed by atoms with Gasteiger partial charge in [-0.2, -0.15) is 0 Å². The molecular formula is C21H24ClNO4. The summed E-state index contributed by atoms with van der Waals surface area (Å²) in [6.45, 7) is 2.29. The zero-order valence-electron chi connectivity index (χ0n) is 15.3. The highest BCUT2D eigenvalue weighted by atomic mass is 35.5. The van der Waals surface area contributed by atoms with Gasteiger partial charge in [0.15, 0.2) is 0 Å². The molecule has 0 aliphatic carbocycles. The molecule has 144 valence electrons. The highest BCUT2D eigenvalue weighted by Crippen LogP contribution is 2.20. The topological polar surface area (TPSA) is 75.6 Å². The number of benzene rings is 2. The van der Waals surface area contributed by atoms with Crippen LogP contribution in [0.2, 0.25) is 5.02 Å². The lowest BCUT2D eigenvalue weighted by Crippen LogP contribution is -2.26. The fourth-order valence-corrected chi connectivity index (χ4v) is 2.72. The van der Waals surface area contributed by atoms with E-state index in [-0.39, 0.29) is 24.8 Å². The molecule has 0 saturated heterocycles. The Kier molecular flexibility index (Phi) is 8.30. The van der Waals surface area contributed by atoms with E-state index < -0.39 is 6.10 Å². The second kappa shape index (κ2) is 10.7. The molecule has 0 aliphatic rings. The van der Waals surface area contributed by atoms with Crippen LogP contribution in [0.3, 0.4) is 0 Å². The molecule has 0 bridgehead atoms. The van der Waals surface area contributed by atoms with E-state index in [1.165, 1.54) is 0 Å². The van der Waals surface area contributed by atoms with Crippen LogP contribution in [0.15, 0.2) is 48.5 Å². The molecule has 0 aliphatic heterocycles. The number of ether oxygens (including phenoxy) is 1. The highest BCUT2D eigenvalue weighted by Gasteiger charge is 2.11. The van der Waals surface area contributed by atoms with Gasteiger partial charge in [0.25, 0.3) is 5.91 Å². The first-order valence-electron chi connectivity index (χ1n) is 8.96. The summed E-state index contributed by atoms with van der Waals surface area (Å²) in [7, 11) is 0. The van der Waals surface area contributed by atoms with Crippen molar-refractivity contribution in [2.45, 2.75) is 32.3 Å². The maximum Gasteiger partial charge on any atom is 0.307 e. The van der Waals surface area contributed by atoms with Gasteiger partial charge < -0.3 is 15.2 Å². The van der Waals surface area contributed by atoms with E-state index in [2.05, 4.69) is 5.32 Å². The van der Waals surface area contributed by atoms with Crippen molar-refractivity contribution >= 4 is 23.5 Å². The first-order valence-corrected chi connectivity index (χ1v) is 9.33. The molecule has 1 unspecified atom stereocenters. The zero-order valence-corrected chi connectivity index (χ0v) is 16.0. The van der Waals surface area contributed by atoms with Crippen LogP contribution >= 0.6 is 11.6 Å². The molecule has 0 aromatic heterocycles. The van der Waals surface area contributed by atoms with Gasteiger partial charge in [-0.25, -0.2) is 0 Å². The normalized spacial score (nSPS) is 11.7. The Morgan fingerprint density at radius 3 is 2.41 bits per heavy atom. The van der Waals surface area contributed by atoms with Gasteiger partial charge in [0.05, 0.1) is 19.1 Å². The van der Waals surface area contributed by atoms with Crippen molar-refractivity contribution in [1.82, 2.24) is 5.32 Å². The fraction of sp³-hybridized carbons (Fsp3) is 0.333. The zero-order chi connectivity index (χ0) is 19.6. The van der Waals surface area contributed by atoms with E-state index in [1.54, 1.807) is 31.2 Å². The molecule has 2 N–H and O–H groups in total. The summed E-state index contributed by atoms with van der Waals surface area (Å²) < 4.78 is 4.81. The molecule has 0 spiro atoms. The molecule has 1 amide bonds. The van der Waals surface area contributed by atoms with E-state index in [9.17, 15) is 14.7 Å². The first kappa shape index (κ1) is 20.9. The number of hydrogen-bond donors (Lipinski definition) is 2. The molecular weight excluding hydrogens is 366 g/mol. The number of nitrogens with one attached hydrogen (secondary N) is 1. The fourth-order valence-electron chi connectivity index (χ4n) is 2.59. The molecule has 5 nitrogen and oxygen atoms in total. The molecule has 2 aromatic carbocycles. The molecule has 6 heteroatoms. The van der Waals surface area contributed by atoms with Gasteiger partial charge in [-0.1, -0.05) is 35.9 Å². The number of halogens is 1. The average Bonchev–Trinajstić information content (AvgIpc) is 2.67. The Morgan fingerprint density at radius 1 is 1.11 bits per heavy atom. The second-order valence-corrected chi connectivity index (χ2v) is 6.55. The van der Waals surface area contributed by atoms with Crippen LogP contribution in [0, 0.1) is 0 Å². The Morgan fingerprint density at radius 2 is 1.78 bits per heavy atom. The molecule has 2 aromatic rings. The minimum absolute atomic E-state index is 0.140. The monoisotopic (exact) mass is 389 g/mol. The number of carbonyl (C=O) groups excluding carboxylic acids is 2. The summed E-state index contributed by atoms with van der Waals surface area (Å²) in [4.78, 5) is 23.3. The number of carbonyl (C=O) groups is 2. The predicted molar refractivity (Wildman–Crippen MR) is 105 cm³/mol. The van der Waals surface area contributed by atoms with Gasteiger partial charge in [-0.15, -0.1) is 0 Å². The van der Waals surface area contributed by atoms with E-state index in [0.717, 1.165) is 17.5 Å². The second-order valence-electron chi connectivity index (χ2n) is 6.11. The number of aliphatic hydroxyl groups is 1. The summed E-state index contributed by atoms with van der Waals surface area (Å²) in [5.41, 5.74) is 2.34. The molecule has 2 rings (SSSR count). The van der Waals surface area contributed by atoms with Crippen LogP contribution in [0.4, 0.5) is 0 Å². The van der Waals surface area contributed by atoms with Crippen LogP contribution in [0.25, 0.3) is 0 Å². The van der Waals surface area contributed by atoms with Crippen molar-refractivity contribution in [3.05, 3.63) is 70.2 Å². The number of amides is 1. The Balaban J connectivity index is 1.81. The Labute approximate surface area is 164 Å². The maximum absolute atomic E-state index is 12.1. The van der Waals surface area contributed by atoms with Crippen LogP contribution in [-0.4, -0.2) is 30.1 Å². The summed E-state index contributed by atoms with van der Waals surface area (Å²) in [6.07, 6.45) is 0.837. The van der Waals surface area contributed by atoms with Crippen molar-refractivity contribution in [1.29, 1.82) is 0 Å². The number of aliphatic hydroxyl groups excluding tert-OH is 1. The summed E-state index contributed by atoms with van der Waals surface area (Å²) in [5, 5.41) is 13.7. The lowest BCUT2D eigenvalue weighted by molar-refractivity contribution is -0.142. The smallest absolute Gasteiger partial charge is 0.307 e. The standard InChI is InChI=1S/C21H24ClNO4/c1-2-27-20(25)13-14-23-21(26)17-8-6-16(7-9-17)19(24)12-5-15-3-10-18(22)11-4-15/h3-4,6-11,19,24H,2,5,12-14H2,1H3,(H,23,26). The quantitative estimate of drug-likeness (QED) is 0.641. The number of hydrogen-bond acceptors (Lipinski definition) is 4. The highest BCUT2D eigenvalue weighted by molar-refractivity contribution is 6.30. The van der Waals surface area contributed by atoms with Gasteiger partial charge >= 0.3 is 5.97 Å². The average molecular weight is 390 g/mol. The van der Waals surface area contributed by atoms with Crippen molar-refractivity contribution in [3.8, 4) is 0 Å². The van der Waals surface area contributed by atoms with Gasteiger partial charge in [0.2, 0.25) is 0 Å². The third-order valence-electron chi connectivity index (χ3n) is 4.10. The van der Waals surface area contributed by atoms with Gasteiger partial charge in [-0.05, 0) is 55.2 Å². The van der Waals surface area contributed by atoms with Crippen LogP contribution in [-0.2, 0) is 16.0 Å². The number of rotatable bonds is 9. The summed E-state index contributed by atoms with van der Waals surface area (Å²) in [6, 6.07) is 14.4. The van der Waals surface area contributed by atoms with E-state index in [1.807, 2.05) is 24.3 Å². The largest absolute Gasteiger partial charge is 0.466 e. The maximum atomic E-state index is 12.1. The molecule has 27 heavy (non-hydrogen) atoms. The van der Waals surface area contributed by atoms with E-state index in [4.69, 9.17) is 16.3 Å². The number of esters is 1. The number of aryl methyl sites for hydroxylation is 1. The summed E-state index contributed by atoms with van der Waals surface area (Å²) in [5.74, 6) is -0.599.